The summed E-state index contributed by atoms with van der Waals surface area (Å²) < 4.78 is 14.3. The normalized spacial score (nSPS) is 16.9. The van der Waals surface area contributed by atoms with Gasteiger partial charge in [0.2, 0.25) is 0 Å². The monoisotopic (exact) mass is 774 g/mol. The van der Waals surface area contributed by atoms with Crippen LogP contribution < -0.4 is 35.7 Å². The van der Waals surface area contributed by atoms with Crippen LogP contribution in [0.3, 0.4) is 0 Å². The van der Waals surface area contributed by atoms with Crippen LogP contribution in [-0.4, -0.2) is 6.71 Å². The van der Waals surface area contributed by atoms with E-state index in [0.29, 0.717) is 0 Å². The SMILES string of the molecule is CC1(C)CCC(C)(C)c2c1cc1c3c2Oc2ccc(N4c5ccccc5Sc5ccccc54)cc2B3c2cc(N3c4ccccc4Sc4ccccc43)ccc2O1. The molecule has 0 bridgehead atoms. The Morgan fingerprint density at radius 3 is 1.42 bits per heavy atom. The van der Waals surface area contributed by atoms with Crippen molar-refractivity contribution in [2.24, 2.45) is 0 Å². The molecule has 0 saturated heterocycles. The van der Waals surface area contributed by atoms with Crippen molar-refractivity contribution in [2.45, 2.75) is 70.9 Å². The molecule has 0 radical (unpaired) electrons. The van der Waals surface area contributed by atoms with E-state index >= 15 is 0 Å². The molecule has 0 fully saturated rings. The van der Waals surface area contributed by atoms with E-state index < -0.39 is 0 Å². The number of benzene rings is 7. The number of nitrogens with zero attached hydrogens (tertiary/aromatic N) is 2. The van der Waals surface area contributed by atoms with Gasteiger partial charge in [-0.15, -0.1) is 0 Å². The molecule has 7 heteroatoms. The summed E-state index contributed by atoms with van der Waals surface area (Å²) >= 11 is 3.67. The second kappa shape index (κ2) is 12.0. The van der Waals surface area contributed by atoms with E-state index in [0.717, 1.165) is 63.6 Å². The first-order valence-electron chi connectivity index (χ1n) is 19.9. The molecular formula is C50H39BN2O2S2. The van der Waals surface area contributed by atoms with Gasteiger partial charge in [-0.3, -0.25) is 0 Å². The lowest BCUT2D eigenvalue weighted by Gasteiger charge is -2.45. The maximum Gasteiger partial charge on any atom is 0.260 e. The minimum absolute atomic E-state index is 0.00696. The van der Waals surface area contributed by atoms with E-state index in [1.165, 1.54) is 53.5 Å². The molecule has 0 spiro atoms. The Labute approximate surface area is 342 Å². The van der Waals surface area contributed by atoms with Gasteiger partial charge in [0.15, 0.2) is 0 Å². The van der Waals surface area contributed by atoms with E-state index in [-0.39, 0.29) is 17.5 Å². The number of hydrogen-bond donors (Lipinski definition) is 0. The molecule has 12 rings (SSSR count). The van der Waals surface area contributed by atoms with Crippen molar-refractivity contribution in [3.8, 4) is 23.0 Å². The van der Waals surface area contributed by atoms with Crippen molar-refractivity contribution in [3.63, 3.8) is 0 Å². The lowest BCUT2D eigenvalue weighted by atomic mass is 9.34. The maximum absolute atomic E-state index is 7.27. The van der Waals surface area contributed by atoms with Crippen LogP contribution in [0.15, 0.2) is 159 Å². The Bertz CT molecular complexity index is 2670. The quantitative estimate of drug-likeness (QED) is 0.162. The summed E-state index contributed by atoms with van der Waals surface area (Å²) in [6.45, 7) is 9.43. The second-order valence-electron chi connectivity index (χ2n) is 17.1. The number of ether oxygens (including phenoxy) is 2. The summed E-state index contributed by atoms with van der Waals surface area (Å²) in [5, 5.41) is 0. The highest BCUT2D eigenvalue weighted by Gasteiger charge is 2.48. The molecule has 0 amide bonds. The van der Waals surface area contributed by atoms with E-state index in [4.69, 9.17) is 9.47 Å². The maximum atomic E-state index is 7.27. The number of fused-ring (bicyclic) bond motifs is 10. The molecular weight excluding hydrogens is 736 g/mol. The van der Waals surface area contributed by atoms with Crippen molar-refractivity contribution in [3.05, 3.63) is 151 Å². The molecule has 5 aliphatic rings. The predicted octanol–water partition coefficient (Wildman–Crippen LogP) is 12.6. The van der Waals surface area contributed by atoms with Gasteiger partial charge in [-0.25, -0.2) is 0 Å². The molecule has 4 heterocycles. The van der Waals surface area contributed by atoms with Crippen molar-refractivity contribution in [2.75, 3.05) is 9.80 Å². The van der Waals surface area contributed by atoms with Crippen molar-refractivity contribution >= 4 is 80.7 Å². The fourth-order valence-electron chi connectivity index (χ4n) is 9.86. The van der Waals surface area contributed by atoms with E-state index in [1.807, 2.05) is 23.5 Å². The lowest BCUT2D eigenvalue weighted by molar-refractivity contribution is 0.318. The van der Waals surface area contributed by atoms with Crippen LogP contribution in [0.2, 0.25) is 0 Å². The molecule has 57 heavy (non-hydrogen) atoms. The van der Waals surface area contributed by atoms with Crippen LogP contribution in [0.4, 0.5) is 34.1 Å². The zero-order valence-electron chi connectivity index (χ0n) is 32.3. The third-order valence-electron chi connectivity index (χ3n) is 12.8. The smallest absolute Gasteiger partial charge is 0.260 e. The molecule has 0 aromatic heterocycles. The highest BCUT2D eigenvalue weighted by Crippen LogP contribution is 2.55. The largest absolute Gasteiger partial charge is 0.458 e. The van der Waals surface area contributed by atoms with Crippen LogP contribution in [0.25, 0.3) is 0 Å². The van der Waals surface area contributed by atoms with Gasteiger partial charge in [0.25, 0.3) is 6.71 Å². The van der Waals surface area contributed by atoms with E-state index in [2.05, 4.69) is 177 Å². The molecule has 0 atom stereocenters. The van der Waals surface area contributed by atoms with Crippen molar-refractivity contribution in [1.29, 1.82) is 0 Å². The van der Waals surface area contributed by atoms with Crippen LogP contribution in [-0.2, 0) is 10.8 Å². The Morgan fingerprint density at radius 2 is 0.930 bits per heavy atom. The second-order valence-corrected chi connectivity index (χ2v) is 19.3. The fraction of sp³-hybridized carbons (Fsp3) is 0.160. The van der Waals surface area contributed by atoms with Gasteiger partial charge in [-0.1, -0.05) is 99.7 Å². The van der Waals surface area contributed by atoms with Gasteiger partial charge in [-0.05, 0) is 131 Å². The molecule has 1 aliphatic carbocycles. The first-order valence-corrected chi connectivity index (χ1v) is 21.5. The molecule has 0 unspecified atom stereocenters. The lowest BCUT2D eigenvalue weighted by Crippen LogP contribution is -2.58. The minimum atomic E-state index is -0.108. The van der Waals surface area contributed by atoms with Crippen molar-refractivity contribution < 1.29 is 9.47 Å². The molecule has 0 N–H and O–H groups in total. The van der Waals surface area contributed by atoms with Crippen LogP contribution in [0.1, 0.15) is 51.7 Å². The molecule has 4 nitrogen and oxygen atoms in total. The molecule has 4 aliphatic heterocycles. The topological polar surface area (TPSA) is 24.9 Å². The fourth-order valence-corrected chi connectivity index (χ4v) is 12.0. The van der Waals surface area contributed by atoms with Gasteiger partial charge >= 0.3 is 0 Å². The first-order chi connectivity index (χ1) is 27.7. The number of para-hydroxylation sites is 4. The van der Waals surface area contributed by atoms with Gasteiger partial charge in [0.05, 0.1) is 22.7 Å². The molecule has 276 valence electrons. The summed E-state index contributed by atoms with van der Waals surface area (Å²) in [5.41, 5.74) is 13.0. The Kier molecular flexibility index (Phi) is 7.09. The van der Waals surface area contributed by atoms with Gasteiger partial charge in [0, 0.05) is 42.0 Å². The summed E-state index contributed by atoms with van der Waals surface area (Å²) in [6, 6.07) is 51.0. The Morgan fingerprint density at radius 1 is 0.491 bits per heavy atom. The zero-order chi connectivity index (χ0) is 38.2. The van der Waals surface area contributed by atoms with Crippen LogP contribution in [0.5, 0.6) is 23.0 Å². The highest BCUT2D eigenvalue weighted by atomic mass is 32.2. The minimum Gasteiger partial charge on any atom is -0.458 e. The van der Waals surface area contributed by atoms with Gasteiger partial charge in [0.1, 0.15) is 23.0 Å². The molecule has 7 aromatic carbocycles. The predicted molar refractivity (Wildman–Crippen MR) is 237 cm³/mol. The standard InChI is InChI=1S/C50H39BN2O2S2/c1-49(2)25-26-50(3,4)46-32(49)29-41-47-48(46)55-40-24-22-31(53-37-15-7-11-19-44(37)57-45-20-12-8-16-38(45)53)28-34(40)51(47)33-27-30(21-23-39(33)54-41)52-35-13-5-9-17-42(35)56-43-18-10-6-14-36(43)52/h5-24,27-29H,25-26H2,1-4H3. The molecule has 7 aromatic rings. The average Bonchev–Trinajstić information content (AvgIpc) is 3.23. The molecule has 0 saturated carbocycles. The zero-order valence-corrected chi connectivity index (χ0v) is 33.9. The third kappa shape index (κ3) is 4.91. The van der Waals surface area contributed by atoms with Crippen LogP contribution >= 0.6 is 23.5 Å². The average molecular weight is 775 g/mol. The van der Waals surface area contributed by atoms with E-state index in [1.54, 1.807) is 0 Å². The summed E-state index contributed by atoms with van der Waals surface area (Å²) in [6.07, 6.45) is 2.21. The summed E-state index contributed by atoms with van der Waals surface area (Å²) in [4.78, 5) is 9.83. The van der Waals surface area contributed by atoms with Crippen molar-refractivity contribution in [1.82, 2.24) is 0 Å². The highest BCUT2D eigenvalue weighted by molar-refractivity contribution is 8.00. The van der Waals surface area contributed by atoms with Gasteiger partial charge in [-0.2, -0.15) is 0 Å². The van der Waals surface area contributed by atoms with Gasteiger partial charge < -0.3 is 19.3 Å². The number of anilines is 6. The van der Waals surface area contributed by atoms with E-state index in [9.17, 15) is 0 Å². The third-order valence-corrected chi connectivity index (χ3v) is 15.0. The summed E-state index contributed by atoms with van der Waals surface area (Å²) in [5.74, 6) is 3.69. The number of hydrogen-bond acceptors (Lipinski definition) is 6. The Balaban J connectivity index is 1.10. The summed E-state index contributed by atoms with van der Waals surface area (Å²) in [7, 11) is 0. The van der Waals surface area contributed by atoms with Crippen LogP contribution in [0, 0.1) is 0 Å². The first kappa shape index (κ1) is 33.6. The Hall–Kier alpha value is -5.50. The number of rotatable bonds is 2.